The molecule has 1 amide bonds. The number of nitrogens with zero attached hydrogens (tertiary/aromatic N) is 1. The normalized spacial score (nSPS) is 30.7. The van der Waals surface area contributed by atoms with Gasteiger partial charge in [-0.15, -0.1) is 0 Å². The van der Waals surface area contributed by atoms with Gasteiger partial charge in [0.2, 0.25) is 0 Å². The highest BCUT2D eigenvalue weighted by Gasteiger charge is 2.56. The maximum Gasteiger partial charge on any atom is 0.254 e. The van der Waals surface area contributed by atoms with Gasteiger partial charge in [0.05, 0.1) is 13.2 Å². The van der Waals surface area contributed by atoms with E-state index in [0.717, 1.165) is 25.7 Å². The van der Waals surface area contributed by atoms with Crippen LogP contribution in [0.25, 0.3) is 0 Å². The van der Waals surface area contributed by atoms with Gasteiger partial charge in [-0.2, -0.15) is 0 Å². The van der Waals surface area contributed by atoms with Crippen LogP contribution in [0.2, 0.25) is 0 Å². The molecule has 3 aliphatic rings. The Hall–Kier alpha value is -1.75. The van der Waals surface area contributed by atoms with Crippen molar-refractivity contribution in [1.82, 2.24) is 4.90 Å². The summed E-state index contributed by atoms with van der Waals surface area (Å²) in [7, 11) is 0. The van der Waals surface area contributed by atoms with Gasteiger partial charge in [-0.05, 0) is 56.6 Å². The third-order valence-electron chi connectivity index (χ3n) is 6.43. The minimum atomic E-state index is -0.166. The molecule has 5 heteroatoms. The van der Waals surface area contributed by atoms with E-state index >= 15 is 0 Å². The van der Waals surface area contributed by atoms with Crippen LogP contribution >= 0.6 is 0 Å². The fourth-order valence-corrected chi connectivity index (χ4v) is 4.70. The van der Waals surface area contributed by atoms with E-state index < -0.39 is 0 Å². The molecule has 25 heavy (non-hydrogen) atoms. The highest BCUT2D eigenvalue weighted by Crippen LogP contribution is 2.52. The lowest BCUT2D eigenvalue weighted by atomic mass is 9.72. The topological polar surface area (TPSA) is 70.0 Å². The Morgan fingerprint density at radius 3 is 2.72 bits per heavy atom. The summed E-state index contributed by atoms with van der Waals surface area (Å²) in [6.07, 6.45) is 6.10. The zero-order valence-electron chi connectivity index (χ0n) is 14.8. The molecule has 1 saturated carbocycles. The molecule has 0 radical (unpaired) electrons. The quantitative estimate of drug-likeness (QED) is 0.832. The molecule has 1 aromatic rings. The molecule has 0 unspecified atom stereocenters. The van der Waals surface area contributed by atoms with E-state index in [-0.39, 0.29) is 35.8 Å². The number of carbonyl (C=O) groups is 1. The van der Waals surface area contributed by atoms with Crippen molar-refractivity contribution in [3.05, 3.63) is 23.8 Å². The minimum Gasteiger partial charge on any atom is -0.508 e. The predicted molar refractivity (Wildman–Crippen MR) is 93.7 cm³/mol. The van der Waals surface area contributed by atoms with E-state index in [2.05, 4.69) is 6.92 Å². The number of hydrogen-bond acceptors (Lipinski definition) is 4. The molecule has 2 aliphatic heterocycles. The largest absolute Gasteiger partial charge is 0.508 e. The summed E-state index contributed by atoms with van der Waals surface area (Å²) in [5, 5.41) is 19.9. The number of aliphatic hydroxyl groups is 1. The summed E-state index contributed by atoms with van der Waals surface area (Å²) in [4.78, 5) is 15.1. The fourth-order valence-electron chi connectivity index (χ4n) is 4.70. The first kappa shape index (κ1) is 16.7. The van der Waals surface area contributed by atoms with Gasteiger partial charge in [-0.1, -0.05) is 6.92 Å². The first-order chi connectivity index (χ1) is 12.1. The number of amides is 1. The number of aliphatic hydroxyl groups excluding tert-OH is 1. The van der Waals surface area contributed by atoms with E-state index in [1.165, 1.54) is 18.9 Å². The first-order valence-electron chi connectivity index (χ1n) is 9.46. The summed E-state index contributed by atoms with van der Waals surface area (Å²) < 4.78 is 5.75. The molecular formula is C20H27NO4. The summed E-state index contributed by atoms with van der Waals surface area (Å²) in [5.74, 6) is 1.19. The van der Waals surface area contributed by atoms with Crippen LogP contribution in [0.5, 0.6) is 11.5 Å². The second-order valence-corrected chi connectivity index (χ2v) is 8.01. The molecule has 2 saturated heterocycles. The SMILES string of the molecule is CC[C@]1(CO)C[C@H]2CC[C@@H]1N2C(=O)c1cc(O)cc(OCC2CC2)c1. The van der Waals surface area contributed by atoms with Crippen molar-refractivity contribution in [3.8, 4) is 11.5 Å². The van der Waals surface area contributed by atoms with Crippen molar-refractivity contribution in [2.75, 3.05) is 13.2 Å². The van der Waals surface area contributed by atoms with Crippen LogP contribution in [0, 0.1) is 11.3 Å². The van der Waals surface area contributed by atoms with Crippen LogP contribution in [0.1, 0.15) is 55.8 Å². The van der Waals surface area contributed by atoms with Crippen molar-refractivity contribution in [2.24, 2.45) is 11.3 Å². The molecule has 3 atom stereocenters. The Kier molecular flexibility index (Phi) is 4.14. The number of fused-ring (bicyclic) bond motifs is 2. The number of phenols is 1. The van der Waals surface area contributed by atoms with Crippen molar-refractivity contribution >= 4 is 5.91 Å². The fraction of sp³-hybridized carbons (Fsp3) is 0.650. The number of phenolic OH excluding ortho intramolecular Hbond substituents is 1. The Balaban J connectivity index is 1.56. The van der Waals surface area contributed by atoms with Gasteiger partial charge >= 0.3 is 0 Å². The number of ether oxygens (including phenoxy) is 1. The van der Waals surface area contributed by atoms with E-state index in [9.17, 15) is 15.0 Å². The van der Waals surface area contributed by atoms with Crippen LogP contribution in [0.15, 0.2) is 18.2 Å². The Bertz CT molecular complexity index is 666. The second kappa shape index (κ2) is 6.20. The van der Waals surface area contributed by atoms with Crippen molar-refractivity contribution in [3.63, 3.8) is 0 Å². The third kappa shape index (κ3) is 2.88. The summed E-state index contributed by atoms with van der Waals surface area (Å²) in [5.41, 5.74) is 0.313. The Morgan fingerprint density at radius 1 is 1.28 bits per heavy atom. The molecule has 2 bridgehead atoms. The number of carbonyl (C=O) groups excluding carboxylic acids is 1. The van der Waals surface area contributed by atoms with Gasteiger partial charge in [0.25, 0.3) is 5.91 Å². The van der Waals surface area contributed by atoms with Gasteiger partial charge in [0.1, 0.15) is 11.5 Å². The lowest BCUT2D eigenvalue weighted by Gasteiger charge is -2.34. The molecule has 0 spiro atoms. The standard InChI is InChI=1S/C20H27NO4/c1-2-20(12-22)10-15-5-6-18(20)21(15)19(24)14-7-16(23)9-17(8-14)25-11-13-3-4-13/h7-9,13,15,18,22-23H,2-6,10-12H2,1H3/t15-,18+,20-/m1/s1. The highest BCUT2D eigenvalue weighted by molar-refractivity contribution is 5.96. The van der Waals surface area contributed by atoms with Gasteiger partial charge in [-0.3, -0.25) is 4.79 Å². The van der Waals surface area contributed by atoms with Crippen LogP contribution in [0.4, 0.5) is 0 Å². The van der Waals surface area contributed by atoms with Gasteiger partial charge < -0.3 is 19.8 Å². The maximum atomic E-state index is 13.2. The summed E-state index contributed by atoms with van der Waals surface area (Å²) in [6.45, 7) is 2.87. The van der Waals surface area contributed by atoms with E-state index in [1.807, 2.05) is 4.90 Å². The average molecular weight is 345 g/mol. The highest BCUT2D eigenvalue weighted by atomic mass is 16.5. The van der Waals surface area contributed by atoms with E-state index in [1.54, 1.807) is 12.1 Å². The average Bonchev–Trinajstić information content (AvgIpc) is 3.29. The molecule has 1 aliphatic carbocycles. The number of hydrogen-bond donors (Lipinski definition) is 2. The Morgan fingerprint density at radius 2 is 2.08 bits per heavy atom. The number of rotatable bonds is 6. The molecule has 3 fully saturated rings. The predicted octanol–water partition coefficient (Wildman–Crippen LogP) is 2.95. The van der Waals surface area contributed by atoms with E-state index in [0.29, 0.717) is 23.8 Å². The Labute approximate surface area is 148 Å². The zero-order chi connectivity index (χ0) is 17.6. The zero-order valence-corrected chi connectivity index (χ0v) is 14.8. The molecule has 1 aromatic carbocycles. The van der Waals surface area contributed by atoms with E-state index in [4.69, 9.17) is 4.74 Å². The molecule has 4 rings (SSSR count). The van der Waals surface area contributed by atoms with Gasteiger partial charge in [0, 0.05) is 29.1 Å². The number of benzene rings is 1. The van der Waals surface area contributed by atoms with Crippen LogP contribution in [-0.4, -0.2) is 46.3 Å². The maximum absolute atomic E-state index is 13.2. The summed E-state index contributed by atoms with van der Waals surface area (Å²) >= 11 is 0. The van der Waals surface area contributed by atoms with Crippen molar-refractivity contribution in [1.29, 1.82) is 0 Å². The van der Waals surface area contributed by atoms with Crippen LogP contribution < -0.4 is 4.74 Å². The van der Waals surface area contributed by atoms with Crippen LogP contribution in [-0.2, 0) is 0 Å². The lowest BCUT2D eigenvalue weighted by Crippen LogP contribution is -2.42. The molecule has 2 N–H and O–H groups in total. The lowest BCUT2D eigenvalue weighted by molar-refractivity contribution is 0.0556. The third-order valence-corrected chi connectivity index (χ3v) is 6.43. The summed E-state index contributed by atoms with van der Waals surface area (Å²) in [6, 6.07) is 5.13. The molecule has 0 aromatic heterocycles. The second-order valence-electron chi connectivity index (χ2n) is 8.01. The molecular weight excluding hydrogens is 318 g/mol. The van der Waals surface area contributed by atoms with Gasteiger partial charge in [0.15, 0.2) is 0 Å². The monoisotopic (exact) mass is 345 g/mol. The van der Waals surface area contributed by atoms with Crippen molar-refractivity contribution in [2.45, 2.75) is 57.5 Å². The number of aromatic hydroxyl groups is 1. The minimum absolute atomic E-state index is 0.0524. The van der Waals surface area contributed by atoms with Crippen LogP contribution in [0.3, 0.4) is 0 Å². The molecule has 136 valence electrons. The van der Waals surface area contributed by atoms with Gasteiger partial charge in [-0.25, -0.2) is 0 Å². The van der Waals surface area contributed by atoms with Crippen molar-refractivity contribution < 1.29 is 19.7 Å². The first-order valence-corrected chi connectivity index (χ1v) is 9.46. The smallest absolute Gasteiger partial charge is 0.254 e. The molecule has 5 nitrogen and oxygen atoms in total. The molecule has 2 heterocycles.